The molecule has 0 fully saturated rings. The third kappa shape index (κ3) is 3.82. The second-order valence-electron chi connectivity index (χ2n) is 5.74. The lowest BCUT2D eigenvalue weighted by Gasteiger charge is -2.05. The lowest BCUT2D eigenvalue weighted by molar-refractivity contribution is 0.294. The molecule has 0 radical (unpaired) electrons. The summed E-state index contributed by atoms with van der Waals surface area (Å²) in [4.78, 5) is 4.63. The standard InChI is InChI=1S/C18H18N6O2S/c1-3-25-15-4-6-16(7-5-15)26-11-17-21-18(13-8-20-27-12-13)24(22-17)14-9-19-23(2)10-14/h4-10,12H,3,11H2,1-2H3. The van der Waals surface area contributed by atoms with Gasteiger partial charge in [-0.3, -0.25) is 4.68 Å². The van der Waals surface area contributed by atoms with Gasteiger partial charge in [0.2, 0.25) is 0 Å². The molecule has 138 valence electrons. The molecule has 0 N–H and O–H groups in total. The highest BCUT2D eigenvalue weighted by Gasteiger charge is 2.16. The summed E-state index contributed by atoms with van der Waals surface area (Å²) in [6.45, 7) is 2.84. The van der Waals surface area contributed by atoms with Gasteiger partial charge in [0, 0.05) is 12.4 Å². The van der Waals surface area contributed by atoms with Gasteiger partial charge in [-0.1, -0.05) is 0 Å². The van der Waals surface area contributed by atoms with Crippen LogP contribution in [0.25, 0.3) is 17.1 Å². The zero-order valence-electron chi connectivity index (χ0n) is 14.9. The third-order valence-electron chi connectivity index (χ3n) is 3.78. The monoisotopic (exact) mass is 382 g/mol. The largest absolute Gasteiger partial charge is 0.494 e. The summed E-state index contributed by atoms with van der Waals surface area (Å²) in [5.74, 6) is 2.84. The summed E-state index contributed by atoms with van der Waals surface area (Å²) >= 11 is 1.37. The Morgan fingerprint density at radius 2 is 1.85 bits per heavy atom. The summed E-state index contributed by atoms with van der Waals surface area (Å²) < 4.78 is 18.9. The lowest BCUT2D eigenvalue weighted by Crippen LogP contribution is -2.00. The van der Waals surface area contributed by atoms with Crippen LogP contribution in [0.3, 0.4) is 0 Å². The van der Waals surface area contributed by atoms with Crippen LogP contribution in [0.5, 0.6) is 11.5 Å². The molecule has 0 aliphatic heterocycles. The Bertz CT molecular complexity index is 1010. The number of benzene rings is 1. The quantitative estimate of drug-likeness (QED) is 0.489. The second-order valence-corrected chi connectivity index (χ2v) is 6.40. The Labute approximate surface area is 160 Å². The number of aryl methyl sites for hydroxylation is 1. The maximum atomic E-state index is 5.82. The maximum Gasteiger partial charge on any atom is 0.189 e. The summed E-state index contributed by atoms with van der Waals surface area (Å²) in [6.07, 6.45) is 5.41. The molecule has 0 bridgehead atoms. The Morgan fingerprint density at radius 1 is 1.07 bits per heavy atom. The lowest BCUT2D eigenvalue weighted by atomic mass is 10.3. The highest BCUT2D eigenvalue weighted by molar-refractivity contribution is 7.03. The molecule has 3 heterocycles. The highest BCUT2D eigenvalue weighted by Crippen LogP contribution is 2.23. The first-order valence-electron chi connectivity index (χ1n) is 8.43. The van der Waals surface area contributed by atoms with Gasteiger partial charge in [0.05, 0.1) is 30.8 Å². The minimum Gasteiger partial charge on any atom is -0.494 e. The normalized spacial score (nSPS) is 10.9. The van der Waals surface area contributed by atoms with Gasteiger partial charge in [0.1, 0.15) is 23.8 Å². The summed E-state index contributed by atoms with van der Waals surface area (Å²) in [5, 5.41) is 10.7. The van der Waals surface area contributed by atoms with E-state index in [1.165, 1.54) is 11.5 Å². The van der Waals surface area contributed by atoms with E-state index in [9.17, 15) is 0 Å². The number of hydrogen-bond acceptors (Lipinski definition) is 7. The van der Waals surface area contributed by atoms with Crippen molar-refractivity contribution in [2.75, 3.05) is 6.61 Å². The van der Waals surface area contributed by atoms with E-state index in [1.807, 2.05) is 49.8 Å². The van der Waals surface area contributed by atoms with Gasteiger partial charge in [-0.15, -0.1) is 5.10 Å². The highest BCUT2D eigenvalue weighted by atomic mass is 32.1. The van der Waals surface area contributed by atoms with E-state index in [0.29, 0.717) is 18.3 Å². The zero-order valence-corrected chi connectivity index (χ0v) is 15.8. The van der Waals surface area contributed by atoms with Crippen molar-refractivity contribution in [3.05, 3.63) is 54.1 Å². The van der Waals surface area contributed by atoms with Crippen LogP contribution in [-0.4, -0.2) is 35.5 Å². The molecule has 0 spiro atoms. The molecule has 9 heteroatoms. The van der Waals surface area contributed by atoms with Crippen LogP contribution < -0.4 is 9.47 Å². The van der Waals surface area contributed by atoms with E-state index >= 15 is 0 Å². The van der Waals surface area contributed by atoms with Crippen LogP contribution >= 0.6 is 11.5 Å². The van der Waals surface area contributed by atoms with Crippen molar-refractivity contribution in [1.82, 2.24) is 28.9 Å². The SMILES string of the molecule is CCOc1ccc(OCc2nc(-c3cnsc3)n(-c3cnn(C)c3)n2)cc1. The fourth-order valence-corrected chi connectivity index (χ4v) is 3.08. The van der Waals surface area contributed by atoms with Gasteiger partial charge in [-0.05, 0) is 42.7 Å². The van der Waals surface area contributed by atoms with Crippen molar-refractivity contribution in [1.29, 1.82) is 0 Å². The van der Waals surface area contributed by atoms with Gasteiger partial charge in [-0.25, -0.2) is 14.0 Å². The van der Waals surface area contributed by atoms with Gasteiger partial charge in [-0.2, -0.15) is 5.10 Å². The minimum atomic E-state index is 0.256. The third-order valence-corrected chi connectivity index (χ3v) is 4.37. The van der Waals surface area contributed by atoms with Crippen LogP contribution in [0.2, 0.25) is 0 Å². The molecular weight excluding hydrogens is 364 g/mol. The molecule has 0 amide bonds. The van der Waals surface area contributed by atoms with Crippen LogP contribution in [0.15, 0.2) is 48.2 Å². The molecule has 27 heavy (non-hydrogen) atoms. The molecule has 4 aromatic rings. The molecule has 0 saturated carbocycles. The van der Waals surface area contributed by atoms with Crippen LogP contribution in [0.4, 0.5) is 0 Å². The zero-order chi connectivity index (χ0) is 18.6. The molecule has 0 saturated heterocycles. The number of rotatable bonds is 7. The Morgan fingerprint density at radius 3 is 2.48 bits per heavy atom. The van der Waals surface area contributed by atoms with Crippen molar-refractivity contribution < 1.29 is 9.47 Å². The van der Waals surface area contributed by atoms with Crippen molar-refractivity contribution in [3.63, 3.8) is 0 Å². The smallest absolute Gasteiger partial charge is 0.189 e. The van der Waals surface area contributed by atoms with Gasteiger partial charge in [0.25, 0.3) is 0 Å². The number of aromatic nitrogens is 6. The van der Waals surface area contributed by atoms with Gasteiger partial charge >= 0.3 is 0 Å². The molecular formula is C18H18N6O2S. The number of ether oxygens (including phenoxy) is 2. The topological polar surface area (TPSA) is 79.9 Å². The fourth-order valence-electron chi connectivity index (χ4n) is 2.56. The van der Waals surface area contributed by atoms with E-state index in [2.05, 4.69) is 19.6 Å². The molecule has 3 aromatic heterocycles. The first kappa shape index (κ1) is 17.2. The second kappa shape index (κ2) is 7.58. The molecule has 0 atom stereocenters. The number of hydrogen-bond donors (Lipinski definition) is 0. The van der Waals surface area contributed by atoms with Gasteiger partial charge < -0.3 is 9.47 Å². The van der Waals surface area contributed by atoms with Gasteiger partial charge in [0.15, 0.2) is 11.6 Å². The molecule has 1 aromatic carbocycles. The molecule has 0 unspecified atom stereocenters. The minimum absolute atomic E-state index is 0.256. The fraction of sp³-hybridized carbons (Fsp3) is 0.222. The predicted octanol–water partition coefficient (Wildman–Crippen LogP) is 3.10. The molecule has 4 rings (SSSR count). The first-order valence-corrected chi connectivity index (χ1v) is 9.27. The Hall–Kier alpha value is -3.20. The van der Waals surface area contributed by atoms with Crippen LogP contribution in [0.1, 0.15) is 12.7 Å². The summed E-state index contributed by atoms with van der Waals surface area (Å²) in [5.41, 5.74) is 1.74. The summed E-state index contributed by atoms with van der Waals surface area (Å²) in [7, 11) is 1.86. The van der Waals surface area contributed by atoms with Crippen molar-refractivity contribution >= 4 is 11.5 Å². The van der Waals surface area contributed by atoms with Crippen molar-refractivity contribution in [2.45, 2.75) is 13.5 Å². The predicted molar refractivity (Wildman–Crippen MR) is 101 cm³/mol. The molecule has 0 aliphatic rings. The molecule has 0 aliphatic carbocycles. The van der Waals surface area contributed by atoms with E-state index in [0.717, 1.165) is 22.7 Å². The average Bonchev–Trinajstić information content (AvgIpc) is 3.41. The maximum absolute atomic E-state index is 5.82. The Kier molecular flexibility index (Phi) is 4.84. The van der Waals surface area contributed by atoms with Crippen LogP contribution in [-0.2, 0) is 13.7 Å². The van der Waals surface area contributed by atoms with E-state index in [-0.39, 0.29) is 6.61 Å². The van der Waals surface area contributed by atoms with E-state index in [4.69, 9.17) is 9.47 Å². The van der Waals surface area contributed by atoms with Crippen molar-refractivity contribution in [2.24, 2.45) is 7.05 Å². The van der Waals surface area contributed by atoms with E-state index in [1.54, 1.807) is 21.8 Å². The average molecular weight is 382 g/mol. The summed E-state index contributed by atoms with van der Waals surface area (Å²) in [6, 6.07) is 7.49. The van der Waals surface area contributed by atoms with E-state index < -0.39 is 0 Å². The van der Waals surface area contributed by atoms with Crippen LogP contribution in [0, 0.1) is 0 Å². The molecule has 8 nitrogen and oxygen atoms in total. The Balaban J connectivity index is 1.56. The first-order chi connectivity index (χ1) is 13.2. The number of nitrogens with zero attached hydrogens (tertiary/aromatic N) is 6. The van der Waals surface area contributed by atoms with Crippen molar-refractivity contribution in [3.8, 4) is 28.6 Å².